The summed E-state index contributed by atoms with van der Waals surface area (Å²) < 4.78 is 6.00. The van der Waals surface area contributed by atoms with Gasteiger partial charge in [-0.3, -0.25) is 14.7 Å². The Morgan fingerprint density at radius 2 is 1.79 bits per heavy atom. The van der Waals surface area contributed by atoms with Crippen molar-refractivity contribution in [2.45, 2.75) is 32.2 Å². The fourth-order valence-electron chi connectivity index (χ4n) is 4.71. The molecule has 2 aliphatic heterocycles. The summed E-state index contributed by atoms with van der Waals surface area (Å²) in [5, 5.41) is 4.14. The van der Waals surface area contributed by atoms with Crippen LogP contribution in [0.25, 0.3) is 10.9 Å². The molecule has 172 valence electrons. The van der Waals surface area contributed by atoms with E-state index in [9.17, 15) is 4.79 Å². The van der Waals surface area contributed by atoms with Gasteiger partial charge in [0.05, 0.1) is 23.2 Å². The van der Waals surface area contributed by atoms with Gasteiger partial charge in [0.15, 0.2) is 0 Å². The van der Waals surface area contributed by atoms with Crippen LogP contribution in [-0.2, 0) is 16.8 Å². The number of pyridine rings is 1. The zero-order valence-electron chi connectivity index (χ0n) is 19.5. The lowest BCUT2D eigenvalue weighted by Crippen LogP contribution is -2.46. The maximum absolute atomic E-state index is 12.1. The molecule has 0 unspecified atom stereocenters. The first-order chi connectivity index (χ1) is 16.0. The average Bonchev–Trinajstić information content (AvgIpc) is 3.05. The first kappa shape index (κ1) is 21.9. The molecule has 3 heterocycles. The van der Waals surface area contributed by atoms with Crippen molar-refractivity contribution in [2.75, 3.05) is 44.6 Å². The van der Waals surface area contributed by atoms with Crippen molar-refractivity contribution in [3.05, 3.63) is 65.9 Å². The topological polar surface area (TPSA) is 57.7 Å². The minimum atomic E-state index is -0.503. The quantitative estimate of drug-likeness (QED) is 0.557. The average molecular weight is 445 g/mol. The number of benzene rings is 2. The van der Waals surface area contributed by atoms with Crippen LogP contribution < -0.4 is 10.1 Å². The SMILES string of the molecule is CC1(C)C(=O)Nc2ccc(OCCCN3CCN(Cc4ccc5ccccc5n4)CC3)cc21. The Morgan fingerprint density at radius 1 is 1.00 bits per heavy atom. The standard InChI is InChI=1S/C27H32N4O2/c1-27(2)23-18-22(10-11-25(23)29-26(27)32)33-17-5-12-30-13-15-31(16-14-30)19-21-9-8-20-6-3-4-7-24(20)28-21/h3-4,6-11,18H,5,12-17,19H2,1-2H3,(H,29,32). The lowest BCUT2D eigenvalue weighted by molar-refractivity contribution is -0.119. The van der Waals surface area contributed by atoms with Crippen molar-refractivity contribution in [1.29, 1.82) is 0 Å². The van der Waals surface area contributed by atoms with Crippen molar-refractivity contribution in [3.63, 3.8) is 0 Å². The number of aromatic nitrogens is 1. The third kappa shape index (κ3) is 4.72. The molecule has 2 aliphatic rings. The smallest absolute Gasteiger partial charge is 0.234 e. The van der Waals surface area contributed by atoms with Crippen LogP contribution in [0.3, 0.4) is 0 Å². The number of piperazine rings is 1. The summed E-state index contributed by atoms with van der Waals surface area (Å²) in [7, 11) is 0. The minimum absolute atomic E-state index is 0.0465. The van der Waals surface area contributed by atoms with Crippen LogP contribution in [0.15, 0.2) is 54.6 Å². The largest absolute Gasteiger partial charge is 0.494 e. The predicted octanol–water partition coefficient (Wildman–Crippen LogP) is 4.05. The van der Waals surface area contributed by atoms with Gasteiger partial charge in [-0.2, -0.15) is 0 Å². The maximum atomic E-state index is 12.1. The minimum Gasteiger partial charge on any atom is -0.494 e. The zero-order valence-corrected chi connectivity index (χ0v) is 19.5. The van der Waals surface area contributed by atoms with Crippen molar-refractivity contribution >= 4 is 22.5 Å². The van der Waals surface area contributed by atoms with Gasteiger partial charge in [0.2, 0.25) is 5.91 Å². The third-order valence-electron chi connectivity index (χ3n) is 6.87. The molecule has 5 rings (SSSR count). The molecule has 0 aliphatic carbocycles. The summed E-state index contributed by atoms with van der Waals surface area (Å²) in [6.07, 6.45) is 0.990. The van der Waals surface area contributed by atoms with Crippen LogP contribution in [0.4, 0.5) is 5.69 Å². The van der Waals surface area contributed by atoms with Crippen molar-refractivity contribution in [1.82, 2.24) is 14.8 Å². The van der Waals surface area contributed by atoms with E-state index in [1.807, 2.05) is 38.1 Å². The van der Waals surface area contributed by atoms with E-state index in [-0.39, 0.29) is 5.91 Å². The predicted molar refractivity (Wildman–Crippen MR) is 132 cm³/mol. The summed E-state index contributed by atoms with van der Waals surface area (Å²) in [5.41, 5.74) is 3.63. The number of rotatable bonds is 7. The van der Waals surface area contributed by atoms with Gasteiger partial charge in [-0.15, -0.1) is 0 Å². The Labute approximate surface area is 195 Å². The number of fused-ring (bicyclic) bond motifs is 2. The van der Waals surface area contributed by atoms with E-state index >= 15 is 0 Å². The summed E-state index contributed by atoms with van der Waals surface area (Å²) in [5.74, 6) is 0.885. The Bertz CT molecular complexity index is 1150. The highest BCUT2D eigenvalue weighted by molar-refractivity contribution is 6.05. The molecule has 1 N–H and O–H groups in total. The van der Waals surface area contributed by atoms with Gasteiger partial charge in [0.25, 0.3) is 0 Å². The Morgan fingerprint density at radius 3 is 2.64 bits per heavy atom. The lowest BCUT2D eigenvalue weighted by Gasteiger charge is -2.34. The van der Waals surface area contributed by atoms with Crippen LogP contribution in [0.1, 0.15) is 31.5 Å². The van der Waals surface area contributed by atoms with Gasteiger partial charge in [-0.25, -0.2) is 0 Å². The number of hydrogen-bond acceptors (Lipinski definition) is 5. The van der Waals surface area contributed by atoms with Crippen molar-refractivity contribution in [2.24, 2.45) is 0 Å². The number of nitrogens with one attached hydrogen (secondary N) is 1. The Kier molecular flexibility index (Phi) is 6.04. The van der Waals surface area contributed by atoms with E-state index in [1.54, 1.807) is 0 Å². The molecular weight excluding hydrogens is 412 g/mol. The number of nitrogens with zero attached hydrogens (tertiary/aromatic N) is 3. The van der Waals surface area contributed by atoms with E-state index in [1.165, 1.54) is 5.39 Å². The molecule has 0 spiro atoms. The molecule has 0 radical (unpaired) electrons. The molecule has 1 saturated heterocycles. The number of hydrogen-bond donors (Lipinski definition) is 1. The van der Waals surface area contributed by atoms with Gasteiger partial charge in [-0.1, -0.05) is 24.3 Å². The number of ether oxygens (including phenoxy) is 1. The molecule has 2 aromatic carbocycles. The molecule has 1 amide bonds. The molecule has 6 heteroatoms. The second kappa shape index (κ2) is 9.12. The van der Waals surface area contributed by atoms with E-state index < -0.39 is 5.41 Å². The van der Waals surface area contributed by atoms with Crippen molar-refractivity contribution < 1.29 is 9.53 Å². The van der Waals surface area contributed by atoms with Gasteiger partial charge in [0, 0.05) is 50.3 Å². The monoisotopic (exact) mass is 444 g/mol. The number of amides is 1. The first-order valence-electron chi connectivity index (χ1n) is 11.9. The van der Waals surface area contributed by atoms with E-state index in [0.717, 1.165) is 73.9 Å². The second-order valence-corrected chi connectivity index (χ2v) is 9.60. The van der Waals surface area contributed by atoms with Crippen LogP contribution in [0.2, 0.25) is 0 Å². The number of carbonyl (C=O) groups excluding carboxylic acids is 1. The molecule has 1 aromatic heterocycles. The van der Waals surface area contributed by atoms with Gasteiger partial charge >= 0.3 is 0 Å². The van der Waals surface area contributed by atoms with E-state index in [2.05, 4.69) is 45.4 Å². The second-order valence-electron chi connectivity index (χ2n) is 9.60. The fraction of sp³-hybridized carbons (Fsp3) is 0.407. The summed E-state index contributed by atoms with van der Waals surface area (Å²) in [6.45, 7) is 10.8. The molecule has 6 nitrogen and oxygen atoms in total. The molecule has 3 aromatic rings. The molecule has 1 fully saturated rings. The van der Waals surface area contributed by atoms with Crippen molar-refractivity contribution in [3.8, 4) is 5.75 Å². The third-order valence-corrected chi connectivity index (χ3v) is 6.87. The molecule has 0 bridgehead atoms. The Hall–Kier alpha value is -2.96. The molecule has 33 heavy (non-hydrogen) atoms. The van der Waals surface area contributed by atoms with E-state index in [0.29, 0.717) is 6.61 Å². The van der Waals surface area contributed by atoms with Crippen LogP contribution in [0.5, 0.6) is 5.75 Å². The van der Waals surface area contributed by atoms with Crippen LogP contribution >= 0.6 is 0 Å². The summed E-state index contributed by atoms with van der Waals surface area (Å²) >= 11 is 0. The summed E-state index contributed by atoms with van der Waals surface area (Å²) in [6, 6.07) is 18.5. The number of carbonyl (C=O) groups is 1. The molecular formula is C27H32N4O2. The van der Waals surface area contributed by atoms with Crippen LogP contribution in [-0.4, -0.2) is 60.0 Å². The highest BCUT2D eigenvalue weighted by Crippen LogP contribution is 2.39. The van der Waals surface area contributed by atoms with Gasteiger partial charge in [0.1, 0.15) is 5.75 Å². The fourth-order valence-corrected chi connectivity index (χ4v) is 4.71. The normalized spacial score (nSPS) is 18.3. The Balaban J connectivity index is 1.05. The van der Waals surface area contributed by atoms with Crippen LogP contribution in [0, 0.1) is 0 Å². The first-order valence-corrected chi connectivity index (χ1v) is 11.9. The summed E-state index contributed by atoms with van der Waals surface area (Å²) in [4.78, 5) is 21.9. The number of anilines is 1. The highest BCUT2D eigenvalue weighted by atomic mass is 16.5. The molecule has 0 saturated carbocycles. The van der Waals surface area contributed by atoms with Gasteiger partial charge < -0.3 is 15.0 Å². The van der Waals surface area contributed by atoms with Gasteiger partial charge in [-0.05, 0) is 56.2 Å². The lowest BCUT2D eigenvalue weighted by atomic mass is 9.86. The highest BCUT2D eigenvalue weighted by Gasteiger charge is 2.38. The maximum Gasteiger partial charge on any atom is 0.234 e. The zero-order chi connectivity index (χ0) is 22.8. The van der Waals surface area contributed by atoms with E-state index in [4.69, 9.17) is 9.72 Å². The molecule has 0 atom stereocenters. The number of para-hydroxylation sites is 1.